The van der Waals surface area contributed by atoms with Gasteiger partial charge in [-0.25, -0.2) is 0 Å². The first-order valence-corrected chi connectivity index (χ1v) is 8.24. The van der Waals surface area contributed by atoms with Gasteiger partial charge in [-0.15, -0.1) is 0 Å². The van der Waals surface area contributed by atoms with Crippen LogP contribution in [0.15, 0.2) is 54.6 Å². The second kappa shape index (κ2) is 6.00. The predicted molar refractivity (Wildman–Crippen MR) is 96.7 cm³/mol. The van der Waals surface area contributed by atoms with Crippen molar-refractivity contribution < 1.29 is 9.53 Å². The van der Waals surface area contributed by atoms with E-state index in [4.69, 9.17) is 4.74 Å². The standard InChI is InChI=1S/C21H19NO2/c1-14-5-2-3-8-19(14)24-13-20(23)22-18-12-11-16-10-9-15-6-4-7-17(18)21(15)16/h2-8,11-12H,9-10,13H2,1H3,(H,22,23). The molecule has 0 atom stereocenters. The molecular formula is C21H19NO2. The number of hydrogen-bond donors (Lipinski definition) is 1. The van der Waals surface area contributed by atoms with E-state index in [0.717, 1.165) is 35.2 Å². The molecule has 0 heterocycles. The van der Waals surface area contributed by atoms with Crippen molar-refractivity contribution in [3.63, 3.8) is 0 Å². The Hall–Kier alpha value is -2.81. The number of para-hydroxylation sites is 1. The maximum Gasteiger partial charge on any atom is 0.262 e. The Morgan fingerprint density at radius 2 is 1.79 bits per heavy atom. The van der Waals surface area contributed by atoms with Gasteiger partial charge in [0.05, 0.1) is 0 Å². The van der Waals surface area contributed by atoms with E-state index in [0.29, 0.717) is 0 Å². The third-order valence-electron chi connectivity index (χ3n) is 4.60. The first kappa shape index (κ1) is 14.8. The zero-order valence-electron chi connectivity index (χ0n) is 13.6. The van der Waals surface area contributed by atoms with E-state index in [9.17, 15) is 4.79 Å². The van der Waals surface area contributed by atoms with Crippen molar-refractivity contribution in [2.45, 2.75) is 19.8 Å². The Balaban J connectivity index is 1.53. The highest BCUT2D eigenvalue weighted by molar-refractivity contribution is 6.05. The van der Waals surface area contributed by atoms with Crippen molar-refractivity contribution in [3.05, 3.63) is 71.3 Å². The Morgan fingerprint density at radius 3 is 2.62 bits per heavy atom. The molecule has 0 radical (unpaired) electrons. The van der Waals surface area contributed by atoms with Crippen LogP contribution in [0.1, 0.15) is 16.7 Å². The van der Waals surface area contributed by atoms with Gasteiger partial charge < -0.3 is 10.1 Å². The molecule has 1 aliphatic rings. The fraction of sp³-hybridized carbons (Fsp3) is 0.190. The Labute approximate surface area is 141 Å². The average molecular weight is 317 g/mol. The SMILES string of the molecule is Cc1ccccc1OCC(=O)Nc1ccc2c3c(cccc13)CC2. The fourth-order valence-corrected chi connectivity index (χ4v) is 3.40. The van der Waals surface area contributed by atoms with Crippen LogP contribution in [0.3, 0.4) is 0 Å². The lowest BCUT2D eigenvalue weighted by atomic mass is 10.0. The quantitative estimate of drug-likeness (QED) is 0.780. The van der Waals surface area contributed by atoms with Crippen molar-refractivity contribution >= 4 is 22.4 Å². The molecule has 4 rings (SSSR count). The molecular weight excluding hydrogens is 298 g/mol. The van der Waals surface area contributed by atoms with Gasteiger partial charge in [-0.05, 0) is 54.0 Å². The minimum atomic E-state index is -0.142. The lowest BCUT2D eigenvalue weighted by Gasteiger charge is -2.12. The molecule has 1 aliphatic carbocycles. The highest BCUT2D eigenvalue weighted by Gasteiger charge is 2.16. The molecule has 0 unspecified atom stereocenters. The van der Waals surface area contributed by atoms with Crippen LogP contribution in [0.5, 0.6) is 5.75 Å². The van der Waals surface area contributed by atoms with Gasteiger partial charge in [0.1, 0.15) is 5.75 Å². The summed E-state index contributed by atoms with van der Waals surface area (Å²) in [6.07, 6.45) is 2.17. The summed E-state index contributed by atoms with van der Waals surface area (Å²) in [5.74, 6) is 0.602. The minimum absolute atomic E-state index is 0.00773. The number of hydrogen-bond acceptors (Lipinski definition) is 2. The number of carbonyl (C=O) groups excluding carboxylic acids is 1. The Morgan fingerprint density at radius 1 is 1.00 bits per heavy atom. The van der Waals surface area contributed by atoms with Crippen LogP contribution >= 0.6 is 0 Å². The molecule has 3 nitrogen and oxygen atoms in total. The lowest BCUT2D eigenvalue weighted by molar-refractivity contribution is -0.118. The highest BCUT2D eigenvalue weighted by atomic mass is 16.5. The van der Waals surface area contributed by atoms with Gasteiger partial charge in [0.15, 0.2) is 6.61 Å². The fourth-order valence-electron chi connectivity index (χ4n) is 3.40. The van der Waals surface area contributed by atoms with E-state index in [1.807, 2.05) is 37.3 Å². The maximum absolute atomic E-state index is 12.3. The van der Waals surface area contributed by atoms with Crippen molar-refractivity contribution in [1.29, 1.82) is 0 Å². The number of anilines is 1. The summed E-state index contributed by atoms with van der Waals surface area (Å²) in [4.78, 5) is 12.3. The number of rotatable bonds is 4. The summed E-state index contributed by atoms with van der Waals surface area (Å²) in [6.45, 7) is 1.98. The molecule has 0 bridgehead atoms. The predicted octanol–water partition coefficient (Wildman–Crippen LogP) is 4.26. The normalized spacial score (nSPS) is 12.4. The molecule has 120 valence electrons. The average Bonchev–Trinajstić information content (AvgIpc) is 3.02. The monoisotopic (exact) mass is 317 g/mol. The topological polar surface area (TPSA) is 38.3 Å². The van der Waals surface area contributed by atoms with E-state index in [2.05, 4.69) is 29.6 Å². The molecule has 0 fully saturated rings. The molecule has 3 aromatic rings. The molecule has 0 saturated heterocycles. The first-order chi connectivity index (χ1) is 11.7. The van der Waals surface area contributed by atoms with Crippen LogP contribution in [-0.4, -0.2) is 12.5 Å². The zero-order chi connectivity index (χ0) is 16.5. The molecule has 0 spiro atoms. The first-order valence-electron chi connectivity index (χ1n) is 8.24. The van der Waals surface area contributed by atoms with Gasteiger partial charge in [-0.1, -0.05) is 42.5 Å². The number of amides is 1. The molecule has 3 heteroatoms. The number of carbonyl (C=O) groups is 1. The Kier molecular flexibility index (Phi) is 3.69. The summed E-state index contributed by atoms with van der Waals surface area (Å²) >= 11 is 0. The summed E-state index contributed by atoms with van der Waals surface area (Å²) in [5, 5.41) is 5.41. The lowest BCUT2D eigenvalue weighted by Crippen LogP contribution is -2.20. The third kappa shape index (κ3) is 2.62. The van der Waals surface area contributed by atoms with Crippen molar-refractivity contribution in [1.82, 2.24) is 0 Å². The third-order valence-corrected chi connectivity index (χ3v) is 4.60. The van der Waals surface area contributed by atoms with Gasteiger partial charge in [0.25, 0.3) is 5.91 Å². The summed E-state index contributed by atoms with van der Waals surface area (Å²) in [7, 11) is 0. The molecule has 3 aromatic carbocycles. The smallest absolute Gasteiger partial charge is 0.262 e. The number of aryl methyl sites for hydroxylation is 3. The number of benzene rings is 3. The van der Waals surface area contributed by atoms with Crippen molar-refractivity contribution in [3.8, 4) is 5.75 Å². The molecule has 24 heavy (non-hydrogen) atoms. The van der Waals surface area contributed by atoms with Crippen LogP contribution < -0.4 is 10.1 Å². The van der Waals surface area contributed by atoms with Crippen molar-refractivity contribution in [2.24, 2.45) is 0 Å². The van der Waals surface area contributed by atoms with E-state index >= 15 is 0 Å². The van der Waals surface area contributed by atoms with E-state index in [-0.39, 0.29) is 12.5 Å². The van der Waals surface area contributed by atoms with Gasteiger partial charge in [-0.3, -0.25) is 4.79 Å². The van der Waals surface area contributed by atoms with Gasteiger partial charge >= 0.3 is 0 Å². The van der Waals surface area contributed by atoms with Gasteiger partial charge in [-0.2, -0.15) is 0 Å². The molecule has 0 aromatic heterocycles. The van der Waals surface area contributed by atoms with Gasteiger partial charge in [0, 0.05) is 11.1 Å². The molecule has 0 aliphatic heterocycles. The van der Waals surface area contributed by atoms with E-state index < -0.39 is 0 Å². The van der Waals surface area contributed by atoms with Crippen LogP contribution in [0.2, 0.25) is 0 Å². The van der Waals surface area contributed by atoms with Crippen LogP contribution in [0.25, 0.3) is 10.8 Å². The van der Waals surface area contributed by atoms with Crippen LogP contribution in [0.4, 0.5) is 5.69 Å². The van der Waals surface area contributed by atoms with Crippen LogP contribution in [0, 0.1) is 6.92 Å². The van der Waals surface area contributed by atoms with E-state index in [1.165, 1.54) is 16.5 Å². The van der Waals surface area contributed by atoms with E-state index in [1.54, 1.807) is 0 Å². The zero-order valence-corrected chi connectivity index (χ0v) is 13.6. The van der Waals surface area contributed by atoms with Crippen LogP contribution in [-0.2, 0) is 17.6 Å². The highest BCUT2D eigenvalue weighted by Crippen LogP contribution is 2.34. The number of nitrogens with one attached hydrogen (secondary N) is 1. The Bertz CT molecular complexity index is 920. The maximum atomic E-state index is 12.3. The second-order valence-corrected chi connectivity index (χ2v) is 6.21. The largest absolute Gasteiger partial charge is 0.483 e. The van der Waals surface area contributed by atoms with Gasteiger partial charge in [0.2, 0.25) is 0 Å². The minimum Gasteiger partial charge on any atom is -0.483 e. The molecule has 1 N–H and O–H groups in total. The molecule has 0 saturated carbocycles. The number of ether oxygens (including phenoxy) is 1. The van der Waals surface area contributed by atoms with Crippen molar-refractivity contribution in [2.75, 3.05) is 11.9 Å². The summed E-state index contributed by atoms with van der Waals surface area (Å²) in [6, 6.07) is 18.1. The summed E-state index contributed by atoms with van der Waals surface area (Å²) < 4.78 is 5.63. The second-order valence-electron chi connectivity index (χ2n) is 6.21. The molecule has 1 amide bonds. The summed E-state index contributed by atoms with van der Waals surface area (Å²) in [5.41, 5.74) is 4.62.